The fourth-order valence-corrected chi connectivity index (χ4v) is 3.86. The third-order valence-electron chi connectivity index (χ3n) is 5.34. The molecule has 4 rings (SSSR count). The largest absolute Gasteiger partial charge is 0.333 e. The number of aromatic nitrogens is 4. The second-order valence-electron chi connectivity index (χ2n) is 8.15. The van der Waals surface area contributed by atoms with Gasteiger partial charge in [0.1, 0.15) is 5.69 Å². The fraction of sp³-hybridized carbons (Fsp3) is 0.429. The molecule has 1 atom stereocenters. The van der Waals surface area contributed by atoms with E-state index in [9.17, 15) is 9.59 Å². The standard InChI is InChI=1S/C21H26N6O2/c1-13(2)8-17-10-19(25-23-17)21(29)26-6-7-27(14(3)12-26)20(28)15-4-5-18-16(9-15)11-22-24-18/h4-5,9-11,13-14H,6-8,12H2,1-3H3,(H,22,24)(H,23,25). The maximum absolute atomic E-state index is 13.0. The quantitative estimate of drug-likeness (QED) is 0.710. The van der Waals surface area contributed by atoms with Crippen LogP contribution >= 0.6 is 0 Å². The number of fused-ring (bicyclic) bond motifs is 1. The molecule has 3 heterocycles. The first-order chi connectivity index (χ1) is 13.9. The zero-order valence-corrected chi connectivity index (χ0v) is 17.0. The molecular formula is C21H26N6O2. The van der Waals surface area contributed by atoms with E-state index in [1.807, 2.05) is 36.1 Å². The molecular weight excluding hydrogens is 368 g/mol. The Morgan fingerprint density at radius 2 is 2.00 bits per heavy atom. The molecule has 2 amide bonds. The van der Waals surface area contributed by atoms with Crippen molar-refractivity contribution in [3.63, 3.8) is 0 Å². The normalized spacial score (nSPS) is 17.3. The van der Waals surface area contributed by atoms with Gasteiger partial charge in [0.2, 0.25) is 0 Å². The number of carbonyl (C=O) groups excluding carboxylic acids is 2. The lowest BCUT2D eigenvalue weighted by molar-refractivity contribution is 0.0411. The molecule has 1 aromatic carbocycles. The number of hydrogen-bond donors (Lipinski definition) is 2. The van der Waals surface area contributed by atoms with Crippen molar-refractivity contribution in [1.82, 2.24) is 30.2 Å². The number of hydrogen-bond acceptors (Lipinski definition) is 4. The van der Waals surface area contributed by atoms with E-state index in [0.717, 1.165) is 23.0 Å². The summed E-state index contributed by atoms with van der Waals surface area (Å²) in [5.41, 5.74) is 2.95. The zero-order valence-electron chi connectivity index (χ0n) is 17.0. The van der Waals surface area contributed by atoms with Crippen molar-refractivity contribution in [2.24, 2.45) is 5.92 Å². The second-order valence-corrected chi connectivity index (χ2v) is 8.15. The lowest BCUT2D eigenvalue weighted by Gasteiger charge is -2.39. The van der Waals surface area contributed by atoms with Gasteiger partial charge in [-0.25, -0.2) is 0 Å². The van der Waals surface area contributed by atoms with Gasteiger partial charge < -0.3 is 9.80 Å². The smallest absolute Gasteiger partial charge is 0.274 e. The van der Waals surface area contributed by atoms with E-state index in [0.29, 0.717) is 36.8 Å². The molecule has 152 valence electrons. The molecule has 1 fully saturated rings. The van der Waals surface area contributed by atoms with Crippen LogP contribution in [0.4, 0.5) is 0 Å². The number of benzene rings is 1. The zero-order chi connectivity index (χ0) is 20.5. The Kier molecular flexibility index (Phi) is 5.08. The highest BCUT2D eigenvalue weighted by Crippen LogP contribution is 2.19. The Balaban J connectivity index is 1.42. The first kappa shape index (κ1) is 19.2. The number of rotatable bonds is 4. The van der Waals surface area contributed by atoms with E-state index >= 15 is 0 Å². The monoisotopic (exact) mass is 394 g/mol. The van der Waals surface area contributed by atoms with Gasteiger partial charge in [0, 0.05) is 42.3 Å². The summed E-state index contributed by atoms with van der Waals surface area (Å²) in [5, 5.41) is 15.0. The molecule has 2 N–H and O–H groups in total. The van der Waals surface area contributed by atoms with Crippen LogP contribution in [0.15, 0.2) is 30.5 Å². The molecule has 0 bridgehead atoms. The Hall–Kier alpha value is -3.16. The van der Waals surface area contributed by atoms with E-state index in [4.69, 9.17) is 0 Å². The minimum absolute atomic E-state index is 0.0216. The molecule has 8 heteroatoms. The first-order valence-electron chi connectivity index (χ1n) is 10.00. The summed E-state index contributed by atoms with van der Waals surface area (Å²) in [7, 11) is 0. The summed E-state index contributed by atoms with van der Waals surface area (Å²) >= 11 is 0. The van der Waals surface area contributed by atoms with Gasteiger partial charge in [0.15, 0.2) is 0 Å². The van der Waals surface area contributed by atoms with E-state index in [1.54, 1.807) is 11.1 Å². The Morgan fingerprint density at radius 3 is 2.76 bits per heavy atom. The van der Waals surface area contributed by atoms with Crippen molar-refractivity contribution in [2.75, 3.05) is 19.6 Å². The Labute approximate surface area is 169 Å². The molecule has 0 radical (unpaired) electrons. The summed E-state index contributed by atoms with van der Waals surface area (Å²) in [4.78, 5) is 29.5. The van der Waals surface area contributed by atoms with Crippen LogP contribution in [0.5, 0.6) is 0 Å². The van der Waals surface area contributed by atoms with Crippen molar-refractivity contribution in [3.05, 3.63) is 47.4 Å². The van der Waals surface area contributed by atoms with Crippen molar-refractivity contribution >= 4 is 22.7 Å². The highest BCUT2D eigenvalue weighted by atomic mass is 16.2. The topological polar surface area (TPSA) is 98.0 Å². The predicted molar refractivity (Wildman–Crippen MR) is 110 cm³/mol. The van der Waals surface area contributed by atoms with Crippen LogP contribution in [0.2, 0.25) is 0 Å². The molecule has 2 aromatic heterocycles. The average molecular weight is 394 g/mol. The van der Waals surface area contributed by atoms with Crippen LogP contribution in [0, 0.1) is 5.92 Å². The Bertz CT molecular complexity index is 1040. The van der Waals surface area contributed by atoms with Crippen molar-refractivity contribution in [1.29, 1.82) is 0 Å². The summed E-state index contributed by atoms with van der Waals surface area (Å²) in [6.45, 7) is 7.72. The lowest BCUT2D eigenvalue weighted by Crippen LogP contribution is -2.55. The van der Waals surface area contributed by atoms with Crippen LogP contribution in [0.25, 0.3) is 10.9 Å². The number of nitrogens with zero attached hydrogens (tertiary/aromatic N) is 4. The lowest BCUT2D eigenvalue weighted by atomic mass is 10.1. The summed E-state index contributed by atoms with van der Waals surface area (Å²) < 4.78 is 0. The second kappa shape index (κ2) is 7.69. The Morgan fingerprint density at radius 1 is 1.17 bits per heavy atom. The van der Waals surface area contributed by atoms with Crippen molar-refractivity contribution in [2.45, 2.75) is 33.2 Å². The number of carbonyl (C=O) groups is 2. The molecule has 3 aromatic rings. The number of piperazine rings is 1. The van der Waals surface area contributed by atoms with Gasteiger partial charge in [-0.3, -0.25) is 19.8 Å². The molecule has 0 aliphatic carbocycles. The summed E-state index contributed by atoms with van der Waals surface area (Å²) in [6, 6.07) is 7.30. The highest BCUT2D eigenvalue weighted by molar-refractivity contribution is 5.98. The fourth-order valence-electron chi connectivity index (χ4n) is 3.86. The van der Waals surface area contributed by atoms with E-state index in [2.05, 4.69) is 34.2 Å². The van der Waals surface area contributed by atoms with Gasteiger partial charge in [0.05, 0.1) is 11.7 Å². The van der Waals surface area contributed by atoms with Crippen LogP contribution in [0.1, 0.15) is 47.3 Å². The number of nitrogens with one attached hydrogen (secondary N) is 2. The van der Waals surface area contributed by atoms with Gasteiger partial charge in [-0.2, -0.15) is 10.2 Å². The summed E-state index contributed by atoms with van der Waals surface area (Å²) in [6.07, 6.45) is 2.57. The average Bonchev–Trinajstić information content (AvgIpc) is 3.35. The molecule has 1 aliphatic heterocycles. The van der Waals surface area contributed by atoms with Gasteiger partial charge >= 0.3 is 0 Å². The maximum Gasteiger partial charge on any atom is 0.274 e. The van der Waals surface area contributed by atoms with Gasteiger partial charge in [-0.1, -0.05) is 13.8 Å². The number of aromatic amines is 2. The number of amides is 2. The van der Waals surface area contributed by atoms with Crippen LogP contribution in [-0.4, -0.2) is 67.7 Å². The number of H-pyrrole nitrogens is 2. The molecule has 0 saturated carbocycles. The molecule has 8 nitrogen and oxygen atoms in total. The van der Waals surface area contributed by atoms with Crippen molar-refractivity contribution < 1.29 is 9.59 Å². The third-order valence-corrected chi connectivity index (χ3v) is 5.34. The van der Waals surface area contributed by atoms with Crippen LogP contribution < -0.4 is 0 Å². The molecule has 29 heavy (non-hydrogen) atoms. The van der Waals surface area contributed by atoms with Crippen molar-refractivity contribution in [3.8, 4) is 0 Å². The van der Waals surface area contributed by atoms with Gasteiger partial charge in [0.25, 0.3) is 11.8 Å². The SMILES string of the molecule is CC(C)Cc1cc(C(=O)N2CCN(C(=O)c3ccc4[nH]ncc4c3)C(C)C2)n[nH]1. The molecule has 1 saturated heterocycles. The third kappa shape index (κ3) is 3.87. The maximum atomic E-state index is 13.0. The molecule has 0 spiro atoms. The van der Waals surface area contributed by atoms with Crippen LogP contribution in [-0.2, 0) is 6.42 Å². The first-order valence-corrected chi connectivity index (χ1v) is 10.00. The van der Waals surface area contributed by atoms with E-state index in [1.165, 1.54) is 0 Å². The van der Waals surface area contributed by atoms with Gasteiger partial charge in [-0.15, -0.1) is 0 Å². The van der Waals surface area contributed by atoms with E-state index in [-0.39, 0.29) is 17.9 Å². The minimum atomic E-state index is -0.0879. The summed E-state index contributed by atoms with van der Waals surface area (Å²) in [5.74, 6) is 0.385. The van der Waals surface area contributed by atoms with E-state index < -0.39 is 0 Å². The molecule has 1 aliphatic rings. The minimum Gasteiger partial charge on any atom is -0.333 e. The van der Waals surface area contributed by atoms with Crippen LogP contribution in [0.3, 0.4) is 0 Å². The molecule has 1 unspecified atom stereocenters. The van der Waals surface area contributed by atoms with Gasteiger partial charge in [-0.05, 0) is 43.5 Å². The highest BCUT2D eigenvalue weighted by Gasteiger charge is 2.31. The predicted octanol–water partition coefficient (Wildman–Crippen LogP) is 2.47.